The number of ether oxygens (including phenoxy) is 2. The van der Waals surface area contributed by atoms with Crippen LogP contribution in [-0.4, -0.2) is 62.0 Å². The summed E-state index contributed by atoms with van der Waals surface area (Å²) in [6.07, 6.45) is 3.28. The molecule has 29 heavy (non-hydrogen) atoms. The van der Waals surface area contributed by atoms with Crippen molar-refractivity contribution in [2.75, 3.05) is 40.4 Å². The third kappa shape index (κ3) is 5.09. The second-order valence-corrected chi connectivity index (χ2v) is 7.01. The summed E-state index contributed by atoms with van der Waals surface area (Å²) < 4.78 is 10.5. The Bertz CT molecular complexity index is 921. The molecule has 0 bridgehead atoms. The molecule has 0 unspecified atom stereocenters. The number of carbonyl (C=O) groups excluding carboxylic acids is 2. The summed E-state index contributed by atoms with van der Waals surface area (Å²) in [5.41, 5.74) is 1.35. The van der Waals surface area contributed by atoms with E-state index in [1.54, 1.807) is 53.3 Å². The highest BCUT2D eigenvalue weighted by molar-refractivity contribution is 6.30. The van der Waals surface area contributed by atoms with Gasteiger partial charge in [-0.3, -0.25) is 9.59 Å². The fraction of sp³-hybridized carbons (Fsp3) is 0.273. The summed E-state index contributed by atoms with van der Waals surface area (Å²) >= 11 is 5.96. The monoisotopic (exact) mass is 414 g/mol. The predicted molar refractivity (Wildman–Crippen MR) is 113 cm³/mol. The molecular weight excluding hydrogens is 392 g/mol. The van der Waals surface area contributed by atoms with Crippen LogP contribution < -0.4 is 9.47 Å². The summed E-state index contributed by atoms with van der Waals surface area (Å²) in [5.74, 6) is 0.891. The summed E-state index contributed by atoms with van der Waals surface area (Å²) in [4.78, 5) is 28.8. The fourth-order valence-electron chi connectivity index (χ4n) is 3.16. The van der Waals surface area contributed by atoms with E-state index in [4.69, 9.17) is 21.1 Å². The zero-order valence-electron chi connectivity index (χ0n) is 16.4. The molecule has 1 fully saturated rings. The van der Waals surface area contributed by atoms with Crippen molar-refractivity contribution in [1.29, 1.82) is 0 Å². The molecule has 0 atom stereocenters. The standard InChI is InChI=1S/C22H23ClN2O4/c1-28-18-7-8-19(20(15-18)29-2)22(27)25-12-10-24(11-13-25)21(26)9-6-16-4-3-5-17(23)14-16/h3-9,14-15H,10-13H2,1-2H3/b9-6+. The van der Waals surface area contributed by atoms with Gasteiger partial charge in [-0.05, 0) is 35.9 Å². The molecule has 0 radical (unpaired) electrons. The Kier molecular flexibility index (Phi) is 6.77. The SMILES string of the molecule is COc1ccc(C(=O)N2CCN(C(=O)/C=C/c3cccc(Cl)c3)CC2)c(OC)c1. The third-order valence-corrected chi connectivity index (χ3v) is 5.02. The Balaban J connectivity index is 1.60. The maximum Gasteiger partial charge on any atom is 0.257 e. The van der Waals surface area contributed by atoms with Crippen molar-refractivity contribution in [3.8, 4) is 11.5 Å². The summed E-state index contributed by atoms with van der Waals surface area (Å²) in [5, 5.41) is 0.626. The first-order valence-corrected chi connectivity index (χ1v) is 9.63. The van der Waals surface area contributed by atoms with Crippen LogP contribution in [0.3, 0.4) is 0 Å². The van der Waals surface area contributed by atoms with Crippen molar-refractivity contribution in [2.45, 2.75) is 0 Å². The third-order valence-electron chi connectivity index (χ3n) is 4.78. The number of piperazine rings is 1. The number of halogens is 1. The Labute approximate surface area is 175 Å². The molecule has 7 heteroatoms. The highest BCUT2D eigenvalue weighted by Crippen LogP contribution is 2.26. The lowest BCUT2D eigenvalue weighted by molar-refractivity contribution is -0.127. The predicted octanol–water partition coefficient (Wildman–Crippen LogP) is 3.36. The maximum atomic E-state index is 12.9. The summed E-state index contributed by atoms with van der Waals surface area (Å²) in [6.45, 7) is 1.88. The topological polar surface area (TPSA) is 59.1 Å². The summed E-state index contributed by atoms with van der Waals surface area (Å²) in [7, 11) is 3.09. The first kappa shape index (κ1) is 20.7. The van der Waals surface area contributed by atoms with Gasteiger partial charge in [-0.25, -0.2) is 0 Å². The normalized spacial score (nSPS) is 14.2. The van der Waals surface area contributed by atoms with Gasteiger partial charge in [-0.15, -0.1) is 0 Å². The lowest BCUT2D eigenvalue weighted by atomic mass is 10.1. The van der Waals surface area contributed by atoms with Gasteiger partial charge >= 0.3 is 0 Å². The van der Waals surface area contributed by atoms with Gasteiger partial charge in [0.1, 0.15) is 11.5 Å². The average Bonchev–Trinajstić information content (AvgIpc) is 2.76. The van der Waals surface area contributed by atoms with Gasteiger partial charge in [0.15, 0.2) is 0 Å². The molecule has 3 rings (SSSR count). The van der Waals surface area contributed by atoms with Crippen LogP contribution in [0.1, 0.15) is 15.9 Å². The second kappa shape index (κ2) is 9.47. The van der Waals surface area contributed by atoms with Crippen molar-refractivity contribution >= 4 is 29.5 Å². The zero-order valence-corrected chi connectivity index (χ0v) is 17.2. The minimum absolute atomic E-state index is 0.0842. The number of hydrogen-bond donors (Lipinski definition) is 0. The molecule has 1 saturated heterocycles. The average molecular weight is 415 g/mol. The molecule has 2 aromatic rings. The molecular formula is C22H23ClN2O4. The van der Waals surface area contributed by atoms with Crippen LogP contribution in [0.5, 0.6) is 11.5 Å². The van der Waals surface area contributed by atoms with Crippen LogP contribution >= 0.6 is 11.6 Å². The van der Waals surface area contributed by atoms with E-state index < -0.39 is 0 Å². The van der Waals surface area contributed by atoms with Crippen molar-refractivity contribution in [3.63, 3.8) is 0 Å². The van der Waals surface area contributed by atoms with E-state index in [1.165, 1.54) is 13.2 Å². The Morgan fingerprint density at radius 3 is 2.34 bits per heavy atom. The quantitative estimate of drug-likeness (QED) is 0.704. The lowest BCUT2D eigenvalue weighted by Gasteiger charge is -2.34. The smallest absolute Gasteiger partial charge is 0.257 e. The Morgan fingerprint density at radius 1 is 0.966 bits per heavy atom. The van der Waals surface area contributed by atoms with Crippen molar-refractivity contribution in [1.82, 2.24) is 9.80 Å². The van der Waals surface area contributed by atoms with Gasteiger partial charge in [0.25, 0.3) is 5.91 Å². The maximum absolute atomic E-state index is 12.9. The number of nitrogens with zero attached hydrogens (tertiary/aromatic N) is 2. The number of rotatable bonds is 5. The number of methoxy groups -OCH3 is 2. The summed E-state index contributed by atoms with van der Waals surface area (Å²) in [6, 6.07) is 12.4. The largest absolute Gasteiger partial charge is 0.497 e. The number of carbonyl (C=O) groups is 2. The Hall–Kier alpha value is -2.99. The van der Waals surface area contributed by atoms with Gasteiger partial charge < -0.3 is 19.3 Å². The first-order valence-electron chi connectivity index (χ1n) is 9.25. The van der Waals surface area contributed by atoms with Crippen molar-refractivity contribution in [2.24, 2.45) is 0 Å². The van der Waals surface area contributed by atoms with Crippen LogP contribution in [0.2, 0.25) is 5.02 Å². The molecule has 1 aliphatic rings. The van der Waals surface area contributed by atoms with Crippen molar-refractivity contribution in [3.05, 3.63) is 64.7 Å². The molecule has 2 amide bonds. The minimum atomic E-state index is -0.119. The van der Waals surface area contributed by atoms with E-state index in [0.717, 1.165) is 5.56 Å². The molecule has 0 aliphatic carbocycles. The zero-order chi connectivity index (χ0) is 20.8. The molecule has 0 saturated carbocycles. The van der Waals surface area contributed by atoms with E-state index in [1.807, 2.05) is 12.1 Å². The van der Waals surface area contributed by atoms with E-state index >= 15 is 0 Å². The molecule has 1 aliphatic heterocycles. The molecule has 6 nitrogen and oxygen atoms in total. The highest BCUT2D eigenvalue weighted by atomic mass is 35.5. The van der Waals surface area contributed by atoms with Gasteiger partial charge in [-0.1, -0.05) is 23.7 Å². The molecule has 152 valence electrons. The fourth-order valence-corrected chi connectivity index (χ4v) is 3.36. The number of hydrogen-bond acceptors (Lipinski definition) is 4. The van der Waals surface area contributed by atoms with Crippen LogP contribution in [0.4, 0.5) is 0 Å². The molecule has 0 spiro atoms. The van der Waals surface area contributed by atoms with Gasteiger partial charge in [-0.2, -0.15) is 0 Å². The van der Waals surface area contributed by atoms with Crippen LogP contribution in [0, 0.1) is 0 Å². The van der Waals surface area contributed by atoms with Crippen LogP contribution in [0.25, 0.3) is 6.08 Å². The van der Waals surface area contributed by atoms with Gasteiger partial charge in [0, 0.05) is 43.3 Å². The molecule has 2 aromatic carbocycles. The van der Waals surface area contributed by atoms with E-state index in [0.29, 0.717) is 48.3 Å². The van der Waals surface area contributed by atoms with E-state index in [9.17, 15) is 9.59 Å². The van der Waals surface area contributed by atoms with Crippen molar-refractivity contribution < 1.29 is 19.1 Å². The van der Waals surface area contributed by atoms with Crippen LogP contribution in [-0.2, 0) is 4.79 Å². The minimum Gasteiger partial charge on any atom is -0.497 e. The molecule has 0 N–H and O–H groups in total. The van der Waals surface area contributed by atoms with Crippen LogP contribution in [0.15, 0.2) is 48.5 Å². The lowest BCUT2D eigenvalue weighted by Crippen LogP contribution is -2.50. The van der Waals surface area contributed by atoms with E-state index in [2.05, 4.69) is 0 Å². The second-order valence-electron chi connectivity index (χ2n) is 6.57. The van der Waals surface area contributed by atoms with Gasteiger partial charge in [0.2, 0.25) is 5.91 Å². The van der Waals surface area contributed by atoms with Gasteiger partial charge in [0.05, 0.1) is 19.8 Å². The number of amides is 2. The Morgan fingerprint density at radius 2 is 1.69 bits per heavy atom. The highest BCUT2D eigenvalue weighted by Gasteiger charge is 2.25. The van der Waals surface area contributed by atoms with E-state index in [-0.39, 0.29) is 11.8 Å². The number of benzene rings is 2. The molecule has 0 aromatic heterocycles. The molecule has 1 heterocycles. The first-order chi connectivity index (χ1) is 14.0.